The zero-order valence-electron chi connectivity index (χ0n) is 9.52. The molecule has 17 heavy (non-hydrogen) atoms. The Hall–Kier alpha value is -1.68. The van der Waals surface area contributed by atoms with E-state index >= 15 is 0 Å². The van der Waals surface area contributed by atoms with Gasteiger partial charge in [-0.1, -0.05) is 12.1 Å². The maximum Gasteiger partial charge on any atom is 0.166 e. The van der Waals surface area contributed by atoms with Crippen molar-refractivity contribution >= 4 is 0 Å². The smallest absolute Gasteiger partial charge is 0.166 e. The van der Waals surface area contributed by atoms with E-state index in [2.05, 4.69) is 0 Å². The summed E-state index contributed by atoms with van der Waals surface area (Å²) in [7, 11) is 0. The first-order valence-corrected chi connectivity index (χ1v) is 5.83. The normalized spacial score (nSPS) is 19.5. The van der Waals surface area contributed by atoms with Crippen LogP contribution in [0.3, 0.4) is 0 Å². The zero-order valence-corrected chi connectivity index (χ0v) is 9.52. The number of benzene rings is 1. The predicted molar refractivity (Wildman–Crippen MR) is 63.0 cm³/mol. The molecular weight excluding hydrogens is 218 g/mol. The van der Waals surface area contributed by atoms with E-state index in [4.69, 9.17) is 19.9 Å². The van der Waals surface area contributed by atoms with Crippen molar-refractivity contribution in [2.45, 2.75) is 12.5 Å². The Kier molecular flexibility index (Phi) is 2.65. The van der Waals surface area contributed by atoms with Crippen LogP contribution in [0.1, 0.15) is 18.0 Å². The largest absolute Gasteiger partial charge is 0.496 e. The lowest BCUT2D eigenvalue weighted by Crippen LogP contribution is -2.20. The Morgan fingerprint density at radius 2 is 1.94 bits per heavy atom. The van der Waals surface area contributed by atoms with Crippen LogP contribution in [0.4, 0.5) is 0 Å². The summed E-state index contributed by atoms with van der Waals surface area (Å²) in [5.41, 5.74) is 7.12. The summed E-state index contributed by atoms with van der Waals surface area (Å²) in [5, 5.41) is 0. The molecule has 1 aromatic carbocycles. The van der Waals surface area contributed by atoms with Gasteiger partial charge in [0.1, 0.15) is 19.0 Å². The first-order chi connectivity index (χ1) is 8.36. The Balaban J connectivity index is 1.96. The third kappa shape index (κ3) is 1.85. The molecule has 1 aromatic rings. The molecule has 1 atom stereocenters. The van der Waals surface area contributed by atoms with Crippen LogP contribution in [0.25, 0.3) is 0 Å². The van der Waals surface area contributed by atoms with Gasteiger partial charge >= 0.3 is 0 Å². The topological polar surface area (TPSA) is 53.7 Å². The molecule has 0 fully saturated rings. The highest BCUT2D eigenvalue weighted by molar-refractivity contribution is 5.50. The molecule has 1 unspecified atom stereocenters. The Morgan fingerprint density at radius 3 is 2.76 bits per heavy atom. The molecule has 0 aliphatic carbocycles. The maximum atomic E-state index is 6.20. The molecule has 0 radical (unpaired) electrons. The van der Waals surface area contributed by atoms with Gasteiger partial charge in [-0.3, -0.25) is 0 Å². The van der Waals surface area contributed by atoms with E-state index in [9.17, 15) is 0 Å². The van der Waals surface area contributed by atoms with E-state index in [1.165, 1.54) is 0 Å². The third-order valence-corrected chi connectivity index (χ3v) is 2.97. The molecule has 90 valence electrons. The van der Waals surface area contributed by atoms with Gasteiger partial charge in [0.15, 0.2) is 11.5 Å². The molecule has 2 heterocycles. The summed E-state index contributed by atoms with van der Waals surface area (Å²) in [6, 6.07) is 5.52. The minimum absolute atomic E-state index is 0.269. The highest BCUT2D eigenvalue weighted by Crippen LogP contribution is 2.38. The van der Waals surface area contributed by atoms with Crippen molar-refractivity contribution in [1.29, 1.82) is 0 Å². The van der Waals surface area contributed by atoms with Crippen molar-refractivity contribution in [2.75, 3.05) is 19.8 Å². The van der Waals surface area contributed by atoms with Gasteiger partial charge in [-0.2, -0.15) is 0 Å². The van der Waals surface area contributed by atoms with Gasteiger partial charge in [0.25, 0.3) is 0 Å². The minimum Gasteiger partial charge on any atom is -0.496 e. The molecule has 2 N–H and O–H groups in total. The van der Waals surface area contributed by atoms with Crippen molar-refractivity contribution < 1.29 is 14.2 Å². The molecular formula is C13H15NO3. The van der Waals surface area contributed by atoms with Crippen molar-refractivity contribution in [3.05, 3.63) is 35.6 Å². The summed E-state index contributed by atoms with van der Waals surface area (Å²) >= 11 is 0. The number of ether oxygens (including phenoxy) is 3. The number of para-hydroxylation sites is 1. The van der Waals surface area contributed by atoms with Gasteiger partial charge in [-0.25, -0.2) is 0 Å². The van der Waals surface area contributed by atoms with Crippen LogP contribution < -0.4 is 15.2 Å². The fourth-order valence-corrected chi connectivity index (χ4v) is 2.15. The number of rotatable bonds is 2. The van der Waals surface area contributed by atoms with Gasteiger partial charge in [-0.05, 0) is 12.1 Å². The number of nitrogens with two attached hydrogens (primary N) is 1. The third-order valence-electron chi connectivity index (χ3n) is 2.97. The SMILES string of the molecule is NC(C1=CCCO1)c1cccc2c1OCCO2. The average molecular weight is 233 g/mol. The van der Waals surface area contributed by atoms with E-state index in [1.54, 1.807) is 0 Å². The summed E-state index contributed by atoms with van der Waals surface area (Å²) in [6.45, 7) is 1.87. The van der Waals surface area contributed by atoms with Crippen LogP contribution in [0.5, 0.6) is 11.5 Å². The fraction of sp³-hybridized carbons (Fsp3) is 0.385. The van der Waals surface area contributed by atoms with Gasteiger partial charge in [0, 0.05) is 12.0 Å². The second-order valence-electron chi connectivity index (χ2n) is 4.09. The van der Waals surface area contributed by atoms with E-state index < -0.39 is 0 Å². The van der Waals surface area contributed by atoms with Crippen molar-refractivity contribution in [2.24, 2.45) is 5.73 Å². The predicted octanol–water partition coefficient (Wildman–Crippen LogP) is 1.76. The lowest BCUT2D eigenvalue weighted by Gasteiger charge is -2.23. The van der Waals surface area contributed by atoms with Crippen LogP contribution in [0.2, 0.25) is 0 Å². The highest BCUT2D eigenvalue weighted by atomic mass is 16.6. The Labute approximate surface area is 100.0 Å². The lowest BCUT2D eigenvalue weighted by molar-refractivity contribution is 0.167. The molecule has 4 heteroatoms. The molecule has 0 amide bonds. The monoisotopic (exact) mass is 233 g/mol. The fourth-order valence-electron chi connectivity index (χ4n) is 2.15. The summed E-state index contributed by atoms with van der Waals surface area (Å²) in [6.07, 6.45) is 2.96. The summed E-state index contributed by atoms with van der Waals surface area (Å²) in [4.78, 5) is 0. The van der Waals surface area contributed by atoms with Gasteiger partial charge in [0.2, 0.25) is 0 Å². The highest BCUT2D eigenvalue weighted by Gasteiger charge is 2.24. The van der Waals surface area contributed by atoms with Gasteiger partial charge in [-0.15, -0.1) is 0 Å². The van der Waals surface area contributed by atoms with E-state index in [0.29, 0.717) is 13.2 Å². The number of hydrogen-bond donors (Lipinski definition) is 1. The van der Waals surface area contributed by atoms with Crippen molar-refractivity contribution in [3.8, 4) is 11.5 Å². The van der Waals surface area contributed by atoms with Crippen LogP contribution in [-0.4, -0.2) is 19.8 Å². The zero-order chi connectivity index (χ0) is 11.7. The Morgan fingerprint density at radius 1 is 1.06 bits per heavy atom. The first kappa shape index (κ1) is 10.5. The lowest BCUT2D eigenvalue weighted by atomic mass is 10.0. The molecule has 3 rings (SSSR count). The quantitative estimate of drug-likeness (QED) is 0.845. The minimum atomic E-state index is -0.269. The number of hydrogen-bond acceptors (Lipinski definition) is 4. The number of fused-ring (bicyclic) bond motifs is 1. The van der Waals surface area contributed by atoms with E-state index in [-0.39, 0.29) is 6.04 Å². The Bertz CT molecular complexity index is 456. The molecule has 0 saturated heterocycles. The van der Waals surface area contributed by atoms with Crippen molar-refractivity contribution in [1.82, 2.24) is 0 Å². The van der Waals surface area contributed by atoms with Crippen LogP contribution in [-0.2, 0) is 4.74 Å². The van der Waals surface area contributed by atoms with Gasteiger partial charge < -0.3 is 19.9 Å². The molecule has 2 aliphatic rings. The molecule has 0 bridgehead atoms. The maximum absolute atomic E-state index is 6.20. The molecule has 2 aliphatic heterocycles. The standard InChI is InChI=1S/C13H15NO3/c14-12(10-5-2-6-15-10)9-3-1-4-11-13(9)17-8-7-16-11/h1,3-5,12H,2,6-8,14H2. The van der Waals surface area contributed by atoms with Crippen LogP contribution in [0, 0.1) is 0 Å². The van der Waals surface area contributed by atoms with E-state index in [0.717, 1.165) is 35.8 Å². The van der Waals surface area contributed by atoms with Gasteiger partial charge in [0.05, 0.1) is 12.6 Å². The van der Waals surface area contributed by atoms with Crippen LogP contribution >= 0.6 is 0 Å². The second kappa shape index (κ2) is 4.30. The first-order valence-electron chi connectivity index (χ1n) is 5.83. The summed E-state index contributed by atoms with van der Waals surface area (Å²) < 4.78 is 16.7. The molecule has 0 aromatic heterocycles. The van der Waals surface area contributed by atoms with Crippen molar-refractivity contribution in [3.63, 3.8) is 0 Å². The van der Waals surface area contributed by atoms with Crippen LogP contribution in [0.15, 0.2) is 30.0 Å². The summed E-state index contributed by atoms with van der Waals surface area (Å²) in [5.74, 6) is 2.35. The molecule has 0 spiro atoms. The molecule has 0 saturated carbocycles. The van der Waals surface area contributed by atoms with E-state index in [1.807, 2.05) is 24.3 Å². The second-order valence-corrected chi connectivity index (χ2v) is 4.09. The molecule has 4 nitrogen and oxygen atoms in total. The average Bonchev–Trinajstić information content (AvgIpc) is 2.91.